The Morgan fingerprint density at radius 1 is 1.08 bits per heavy atom. The normalized spacial score (nSPS) is 22.0. The van der Waals surface area contributed by atoms with E-state index in [0.29, 0.717) is 31.3 Å². The number of rotatable bonds is 3. The van der Waals surface area contributed by atoms with Crippen molar-refractivity contribution in [3.05, 3.63) is 47.5 Å². The lowest BCUT2D eigenvalue weighted by Gasteiger charge is -2.35. The number of hydrogen-bond acceptors (Lipinski definition) is 6. The molecule has 25 heavy (non-hydrogen) atoms. The van der Waals surface area contributed by atoms with Crippen molar-refractivity contribution in [2.75, 3.05) is 19.8 Å². The van der Waals surface area contributed by atoms with E-state index in [-0.39, 0.29) is 0 Å². The van der Waals surface area contributed by atoms with Crippen LogP contribution in [0.3, 0.4) is 0 Å². The highest BCUT2D eigenvalue weighted by molar-refractivity contribution is 7.99. The molecular weight excluding hydrogens is 340 g/mol. The average molecular weight is 358 g/mol. The minimum Gasteiger partial charge on any atom is -0.428 e. The van der Waals surface area contributed by atoms with Gasteiger partial charge >= 0.3 is 6.48 Å². The maximum Gasteiger partial charge on any atom is 0.361 e. The van der Waals surface area contributed by atoms with Crippen LogP contribution in [0.25, 0.3) is 0 Å². The van der Waals surface area contributed by atoms with E-state index in [9.17, 15) is 0 Å². The van der Waals surface area contributed by atoms with Gasteiger partial charge in [-0.2, -0.15) is 0 Å². The number of fused-ring (bicyclic) bond motifs is 6. The molecule has 0 bridgehead atoms. The smallest absolute Gasteiger partial charge is 0.361 e. The zero-order valence-corrected chi connectivity index (χ0v) is 14.6. The molecule has 3 heterocycles. The molecule has 6 heteroatoms. The second kappa shape index (κ2) is 5.92. The molecule has 1 fully saturated rings. The van der Waals surface area contributed by atoms with Crippen molar-refractivity contribution in [2.24, 2.45) is 0 Å². The molecule has 0 aromatic heterocycles. The first-order valence-electron chi connectivity index (χ1n) is 8.49. The summed E-state index contributed by atoms with van der Waals surface area (Å²) in [5.41, 5.74) is 2.01. The Labute approximate surface area is 150 Å². The first-order valence-corrected chi connectivity index (χ1v) is 9.31. The first-order chi connectivity index (χ1) is 12.3. The first kappa shape index (κ1) is 15.5. The highest BCUT2D eigenvalue weighted by Gasteiger charge is 2.48. The highest BCUT2D eigenvalue weighted by Crippen LogP contribution is 2.57. The fourth-order valence-electron chi connectivity index (χ4n) is 3.42. The van der Waals surface area contributed by atoms with E-state index < -0.39 is 12.3 Å². The molecule has 3 aliphatic heterocycles. The fraction of sp³-hybridized carbons (Fsp3) is 0.368. The van der Waals surface area contributed by atoms with Crippen molar-refractivity contribution in [2.45, 2.75) is 35.4 Å². The monoisotopic (exact) mass is 358 g/mol. The molecular formula is C19H18O5S. The summed E-state index contributed by atoms with van der Waals surface area (Å²) < 4.78 is 29.6. The second-order valence-corrected chi connectivity index (χ2v) is 7.13. The van der Waals surface area contributed by atoms with Crippen LogP contribution < -0.4 is 9.47 Å². The van der Waals surface area contributed by atoms with E-state index in [0.717, 1.165) is 27.3 Å². The topological polar surface area (TPSA) is 46.2 Å². The molecule has 1 spiro atoms. The van der Waals surface area contributed by atoms with Crippen molar-refractivity contribution < 1.29 is 23.7 Å². The molecule has 1 unspecified atom stereocenters. The van der Waals surface area contributed by atoms with Crippen molar-refractivity contribution in [3.8, 4) is 11.5 Å². The maximum atomic E-state index is 6.12. The molecule has 0 saturated carbocycles. The van der Waals surface area contributed by atoms with Gasteiger partial charge < -0.3 is 23.7 Å². The van der Waals surface area contributed by atoms with E-state index in [1.165, 1.54) is 0 Å². The molecule has 1 atom stereocenters. The Balaban J connectivity index is 1.61. The van der Waals surface area contributed by atoms with Crippen molar-refractivity contribution in [1.29, 1.82) is 0 Å². The van der Waals surface area contributed by atoms with Crippen LogP contribution in [0.5, 0.6) is 11.5 Å². The summed E-state index contributed by atoms with van der Waals surface area (Å²) in [7, 11) is 0. The van der Waals surface area contributed by atoms with Gasteiger partial charge in [-0.25, -0.2) is 0 Å². The van der Waals surface area contributed by atoms with Crippen LogP contribution in [0, 0.1) is 0 Å². The summed E-state index contributed by atoms with van der Waals surface area (Å²) in [5.74, 6) is 0.536. The van der Waals surface area contributed by atoms with Gasteiger partial charge in [0, 0.05) is 16.0 Å². The summed E-state index contributed by atoms with van der Waals surface area (Å²) >= 11 is 1.65. The molecule has 2 aromatic carbocycles. The van der Waals surface area contributed by atoms with Crippen LogP contribution in [-0.2, 0) is 20.0 Å². The van der Waals surface area contributed by atoms with Crippen molar-refractivity contribution in [1.82, 2.24) is 0 Å². The molecule has 1 saturated heterocycles. The third-order valence-electron chi connectivity index (χ3n) is 4.47. The van der Waals surface area contributed by atoms with Crippen LogP contribution in [-0.4, -0.2) is 26.3 Å². The van der Waals surface area contributed by atoms with E-state index in [2.05, 4.69) is 19.1 Å². The van der Waals surface area contributed by atoms with Gasteiger partial charge in [-0.15, -0.1) is 0 Å². The van der Waals surface area contributed by atoms with Gasteiger partial charge in [-0.3, -0.25) is 0 Å². The number of benzene rings is 2. The van der Waals surface area contributed by atoms with E-state index in [1.54, 1.807) is 11.8 Å². The SMILES string of the molecule is CCCOC1Oc2ccc3c(c2O1)Sc1ccccc1C31OCCO1. The third-order valence-corrected chi connectivity index (χ3v) is 5.66. The molecule has 5 nitrogen and oxygen atoms in total. The molecule has 0 radical (unpaired) electrons. The maximum absolute atomic E-state index is 6.12. The Morgan fingerprint density at radius 2 is 1.92 bits per heavy atom. The zero-order valence-electron chi connectivity index (χ0n) is 13.8. The lowest BCUT2D eigenvalue weighted by molar-refractivity contribution is -0.177. The van der Waals surface area contributed by atoms with Crippen molar-refractivity contribution in [3.63, 3.8) is 0 Å². The minimum absolute atomic E-state index is 0.565. The molecule has 0 N–H and O–H groups in total. The van der Waals surface area contributed by atoms with Crippen LogP contribution >= 0.6 is 11.8 Å². The van der Waals surface area contributed by atoms with Crippen LogP contribution in [0.15, 0.2) is 46.2 Å². The predicted molar refractivity (Wildman–Crippen MR) is 91.0 cm³/mol. The molecule has 5 rings (SSSR count). The second-order valence-electron chi connectivity index (χ2n) is 6.08. The molecule has 0 aliphatic carbocycles. The summed E-state index contributed by atoms with van der Waals surface area (Å²) in [6.07, 6.45) is 0.907. The van der Waals surface area contributed by atoms with E-state index in [4.69, 9.17) is 23.7 Å². The standard InChI is InChI=1S/C19H18O5S/c1-2-9-20-18-23-14-8-7-13-17(16(14)24-18)25-15-6-4-3-5-12(15)19(13)21-10-11-22-19/h3-8,18H,2,9-11H2,1H3. The quantitative estimate of drug-likeness (QED) is 0.830. The fourth-order valence-corrected chi connectivity index (χ4v) is 4.65. The van der Waals surface area contributed by atoms with Crippen molar-refractivity contribution >= 4 is 11.8 Å². The van der Waals surface area contributed by atoms with Gasteiger partial charge in [0.2, 0.25) is 5.79 Å². The molecule has 130 valence electrons. The van der Waals surface area contributed by atoms with Gasteiger partial charge in [0.25, 0.3) is 0 Å². The minimum atomic E-state index is -0.863. The Kier molecular flexibility index (Phi) is 3.67. The lowest BCUT2D eigenvalue weighted by Crippen LogP contribution is -2.32. The summed E-state index contributed by atoms with van der Waals surface area (Å²) in [5, 5.41) is 0. The molecule has 0 amide bonds. The van der Waals surface area contributed by atoms with Crippen LogP contribution in [0.2, 0.25) is 0 Å². The van der Waals surface area contributed by atoms with Gasteiger partial charge in [0.05, 0.1) is 24.7 Å². The summed E-state index contributed by atoms with van der Waals surface area (Å²) in [6.45, 7) is 3.08. The Hall–Kier alpha value is -1.73. The molecule has 2 aromatic rings. The summed E-state index contributed by atoms with van der Waals surface area (Å²) in [4.78, 5) is 2.08. The summed E-state index contributed by atoms with van der Waals surface area (Å²) in [6, 6.07) is 12.1. The lowest BCUT2D eigenvalue weighted by atomic mass is 9.96. The van der Waals surface area contributed by atoms with Gasteiger partial charge in [0.1, 0.15) is 0 Å². The van der Waals surface area contributed by atoms with Gasteiger partial charge in [0.15, 0.2) is 11.5 Å². The largest absolute Gasteiger partial charge is 0.428 e. The number of hydrogen-bond donors (Lipinski definition) is 0. The van der Waals surface area contributed by atoms with Gasteiger partial charge in [-0.05, 0) is 24.6 Å². The third kappa shape index (κ3) is 2.29. The predicted octanol–water partition coefficient (Wildman–Crippen LogP) is 3.88. The van der Waals surface area contributed by atoms with Crippen LogP contribution in [0.4, 0.5) is 0 Å². The highest BCUT2D eigenvalue weighted by atomic mass is 32.2. The van der Waals surface area contributed by atoms with Gasteiger partial charge in [-0.1, -0.05) is 36.9 Å². The zero-order chi connectivity index (χ0) is 16.9. The Bertz CT molecular complexity index is 815. The molecule has 3 aliphatic rings. The Morgan fingerprint density at radius 3 is 2.76 bits per heavy atom. The van der Waals surface area contributed by atoms with Crippen LogP contribution in [0.1, 0.15) is 24.5 Å². The van der Waals surface area contributed by atoms with E-state index in [1.807, 2.05) is 24.3 Å². The average Bonchev–Trinajstić information content (AvgIpc) is 3.28. The van der Waals surface area contributed by atoms with E-state index >= 15 is 0 Å². The number of ether oxygens (including phenoxy) is 5.